The summed E-state index contributed by atoms with van der Waals surface area (Å²) in [6.45, 7) is -0.465. The van der Waals surface area contributed by atoms with E-state index in [1.165, 1.54) is 0 Å². The Labute approximate surface area is 83.6 Å². The lowest BCUT2D eigenvalue weighted by atomic mass is 10.1. The van der Waals surface area contributed by atoms with Crippen LogP contribution in [0.1, 0.15) is 19.3 Å². The second kappa shape index (κ2) is 4.62. The Hall–Kier alpha value is -0.410. The smallest absolute Gasteiger partial charge is 0.396 e. The van der Waals surface area contributed by atoms with E-state index in [0.717, 1.165) is 0 Å². The van der Waals surface area contributed by atoms with Gasteiger partial charge < -0.3 is 5.11 Å². The van der Waals surface area contributed by atoms with Crippen LogP contribution in [0, 0.1) is 0 Å². The van der Waals surface area contributed by atoms with Crippen LogP contribution in [-0.4, -0.2) is 35.9 Å². The molecule has 4 nitrogen and oxygen atoms in total. The van der Waals surface area contributed by atoms with E-state index in [0.29, 0.717) is 0 Å². The van der Waals surface area contributed by atoms with Crippen molar-refractivity contribution in [3.8, 4) is 0 Å². The quantitative estimate of drug-likeness (QED) is 0.425. The van der Waals surface area contributed by atoms with Gasteiger partial charge in [-0.15, -0.1) is 0 Å². The summed E-state index contributed by atoms with van der Waals surface area (Å²) >= 11 is 0. The number of rotatable bonds is 6. The lowest BCUT2D eigenvalue weighted by Gasteiger charge is -2.23. The van der Waals surface area contributed by atoms with Gasteiger partial charge in [0.1, 0.15) is 0 Å². The van der Waals surface area contributed by atoms with Gasteiger partial charge >= 0.3 is 21.3 Å². The zero-order chi connectivity index (χ0) is 12.3. The maximum absolute atomic E-state index is 12.7. The molecule has 0 amide bonds. The number of aliphatic hydroxyl groups is 1. The van der Waals surface area contributed by atoms with Gasteiger partial charge in [0.2, 0.25) is 0 Å². The van der Waals surface area contributed by atoms with Crippen LogP contribution in [-0.2, 0) is 10.1 Å². The van der Waals surface area contributed by atoms with Crippen LogP contribution in [0.4, 0.5) is 17.6 Å². The number of hydrogen-bond donors (Lipinski definition) is 2. The Morgan fingerprint density at radius 2 is 1.53 bits per heavy atom. The second-order valence-electron chi connectivity index (χ2n) is 2.88. The first-order valence-electron chi connectivity index (χ1n) is 3.90. The SMILES string of the molecule is O=S(=O)(O)C(F)(F)C(F)(F)CCCCO. The third-order valence-corrected chi connectivity index (χ3v) is 2.60. The van der Waals surface area contributed by atoms with Gasteiger partial charge in [0, 0.05) is 13.0 Å². The molecule has 9 heteroatoms. The van der Waals surface area contributed by atoms with Crippen molar-refractivity contribution in [2.75, 3.05) is 6.61 Å². The fourth-order valence-corrected chi connectivity index (χ4v) is 1.27. The first kappa shape index (κ1) is 14.6. The second-order valence-corrected chi connectivity index (χ2v) is 4.34. The third-order valence-electron chi connectivity index (χ3n) is 1.65. The Morgan fingerprint density at radius 3 is 1.87 bits per heavy atom. The third kappa shape index (κ3) is 3.28. The first-order valence-corrected chi connectivity index (χ1v) is 5.34. The predicted molar refractivity (Wildman–Crippen MR) is 42.4 cm³/mol. The fraction of sp³-hybridized carbons (Fsp3) is 1.00. The van der Waals surface area contributed by atoms with Crippen LogP contribution < -0.4 is 0 Å². The van der Waals surface area contributed by atoms with Crippen molar-refractivity contribution in [3.05, 3.63) is 0 Å². The summed E-state index contributed by atoms with van der Waals surface area (Å²) < 4.78 is 78.2. The van der Waals surface area contributed by atoms with Crippen molar-refractivity contribution in [2.24, 2.45) is 0 Å². The molecule has 0 fully saturated rings. The standard InChI is InChI=1S/C6H10F4O4S/c7-5(8,3-1-2-4-11)6(9,10)15(12,13)14/h11H,1-4H2,(H,12,13,14). The minimum atomic E-state index is -6.14. The molecular weight excluding hydrogens is 244 g/mol. The minimum absolute atomic E-state index is 0.156. The van der Waals surface area contributed by atoms with E-state index in [2.05, 4.69) is 0 Å². The number of alkyl halides is 4. The molecule has 0 aromatic carbocycles. The molecule has 0 radical (unpaired) electrons. The number of unbranched alkanes of at least 4 members (excludes halogenated alkanes) is 1. The van der Waals surface area contributed by atoms with Crippen molar-refractivity contribution in [1.82, 2.24) is 0 Å². The average molecular weight is 254 g/mol. The van der Waals surface area contributed by atoms with Gasteiger partial charge in [-0.05, 0) is 12.8 Å². The van der Waals surface area contributed by atoms with Crippen molar-refractivity contribution < 1.29 is 35.6 Å². The van der Waals surface area contributed by atoms with E-state index >= 15 is 0 Å². The van der Waals surface area contributed by atoms with E-state index in [1.807, 2.05) is 0 Å². The number of halogens is 4. The monoisotopic (exact) mass is 254 g/mol. The molecule has 0 aromatic heterocycles. The van der Waals surface area contributed by atoms with Crippen LogP contribution in [0.15, 0.2) is 0 Å². The first-order chi connectivity index (χ1) is 6.56. The summed E-state index contributed by atoms with van der Waals surface area (Å²) in [6.07, 6.45) is -2.06. The molecule has 2 N–H and O–H groups in total. The Kier molecular flexibility index (Phi) is 4.49. The molecule has 0 saturated heterocycles. The van der Waals surface area contributed by atoms with Crippen LogP contribution in [0.25, 0.3) is 0 Å². The summed E-state index contributed by atoms with van der Waals surface area (Å²) in [6, 6.07) is 0. The molecule has 0 aliphatic carbocycles. The topological polar surface area (TPSA) is 74.6 Å². The fourth-order valence-electron chi connectivity index (χ4n) is 0.793. The Balaban J connectivity index is 4.71. The summed E-state index contributed by atoms with van der Waals surface area (Å²) in [5.41, 5.74) is 0. The summed E-state index contributed by atoms with van der Waals surface area (Å²) in [4.78, 5) is 0. The van der Waals surface area contributed by atoms with Crippen molar-refractivity contribution in [2.45, 2.75) is 30.4 Å². The zero-order valence-electron chi connectivity index (χ0n) is 7.46. The molecule has 92 valence electrons. The normalized spacial score (nSPS) is 14.3. The van der Waals surface area contributed by atoms with Gasteiger partial charge in [0.15, 0.2) is 0 Å². The van der Waals surface area contributed by atoms with Crippen molar-refractivity contribution in [1.29, 1.82) is 0 Å². The van der Waals surface area contributed by atoms with E-state index < -0.39 is 40.7 Å². The highest BCUT2D eigenvalue weighted by Crippen LogP contribution is 2.41. The molecule has 0 bridgehead atoms. The Morgan fingerprint density at radius 1 is 1.07 bits per heavy atom. The van der Waals surface area contributed by atoms with Gasteiger partial charge in [-0.25, -0.2) is 0 Å². The molecular formula is C6H10F4O4S. The molecule has 0 aliphatic rings. The van der Waals surface area contributed by atoms with Crippen LogP contribution in [0.5, 0.6) is 0 Å². The van der Waals surface area contributed by atoms with Gasteiger partial charge in [-0.2, -0.15) is 26.0 Å². The van der Waals surface area contributed by atoms with Gasteiger partial charge in [-0.3, -0.25) is 4.55 Å². The van der Waals surface area contributed by atoms with Crippen molar-refractivity contribution in [3.63, 3.8) is 0 Å². The highest BCUT2D eigenvalue weighted by molar-refractivity contribution is 7.87. The van der Waals surface area contributed by atoms with Crippen molar-refractivity contribution >= 4 is 10.1 Å². The van der Waals surface area contributed by atoms with Gasteiger partial charge in [0.25, 0.3) is 0 Å². The molecule has 0 rings (SSSR count). The van der Waals surface area contributed by atoms with E-state index in [1.54, 1.807) is 0 Å². The molecule has 0 aliphatic heterocycles. The van der Waals surface area contributed by atoms with E-state index in [9.17, 15) is 26.0 Å². The lowest BCUT2D eigenvalue weighted by Crippen LogP contribution is -2.46. The van der Waals surface area contributed by atoms with E-state index in [4.69, 9.17) is 9.66 Å². The highest BCUT2D eigenvalue weighted by Gasteiger charge is 2.64. The van der Waals surface area contributed by atoms with Crippen LogP contribution >= 0.6 is 0 Å². The molecule has 0 atom stereocenters. The average Bonchev–Trinajstić information content (AvgIpc) is 2.02. The minimum Gasteiger partial charge on any atom is -0.396 e. The zero-order valence-corrected chi connectivity index (χ0v) is 8.28. The summed E-state index contributed by atoms with van der Waals surface area (Å²) in [5, 5.41) is 2.72. The number of aliphatic hydroxyl groups excluding tert-OH is 1. The maximum Gasteiger partial charge on any atom is 0.431 e. The molecule has 0 unspecified atom stereocenters. The predicted octanol–water partition coefficient (Wildman–Crippen LogP) is 1.26. The molecule has 0 spiro atoms. The molecule has 0 heterocycles. The largest absolute Gasteiger partial charge is 0.431 e. The van der Waals surface area contributed by atoms with E-state index in [-0.39, 0.29) is 6.42 Å². The van der Waals surface area contributed by atoms with Gasteiger partial charge in [-0.1, -0.05) is 0 Å². The summed E-state index contributed by atoms with van der Waals surface area (Å²) in [5.74, 6) is -4.85. The molecule has 0 aromatic rings. The lowest BCUT2D eigenvalue weighted by molar-refractivity contribution is -0.164. The molecule has 15 heavy (non-hydrogen) atoms. The van der Waals surface area contributed by atoms with Crippen LogP contribution in [0.3, 0.4) is 0 Å². The van der Waals surface area contributed by atoms with Crippen LogP contribution in [0.2, 0.25) is 0 Å². The Bertz CT molecular complexity index is 300. The highest BCUT2D eigenvalue weighted by atomic mass is 32.2. The van der Waals surface area contributed by atoms with Gasteiger partial charge in [0.05, 0.1) is 0 Å². The summed E-state index contributed by atoms with van der Waals surface area (Å²) in [7, 11) is -6.14. The number of hydrogen-bond acceptors (Lipinski definition) is 3. The molecule has 0 saturated carbocycles. The maximum atomic E-state index is 12.7.